The average molecular weight is 292 g/mol. The molecule has 21 heavy (non-hydrogen) atoms. The van der Waals surface area contributed by atoms with E-state index in [4.69, 9.17) is 9.47 Å². The molecule has 2 heterocycles. The van der Waals surface area contributed by atoms with E-state index in [1.54, 1.807) is 18.3 Å². The molecule has 1 saturated heterocycles. The third-order valence-corrected chi connectivity index (χ3v) is 3.51. The smallest absolute Gasteiger partial charge is 0.255 e. The Kier molecular flexibility index (Phi) is 5.17. The van der Waals surface area contributed by atoms with Crippen molar-refractivity contribution in [2.75, 3.05) is 13.2 Å². The van der Waals surface area contributed by atoms with E-state index in [9.17, 15) is 4.79 Å². The summed E-state index contributed by atoms with van der Waals surface area (Å²) < 4.78 is 11.0. The summed E-state index contributed by atoms with van der Waals surface area (Å²) in [7, 11) is 0. The third-order valence-electron chi connectivity index (χ3n) is 3.51. The van der Waals surface area contributed by atoms with Crippen molar-refractivity contribution < 1.29 is 14.3 Å². The van der Waals surface area contributed by atoms with E-state index in [0.29, 0.717) is 18.1 Å². The van der Waals surface area contributed by atoms with Gasteiger partial charge in [-0.05, 0) is 33.8 Å². The topological polar surface area (TPSA) is 51.7 Å². The zero-order valence-electron chi connectivity index (χ0n) is 13.2. The second kappa shape index (κ2) is 6.89. The highest BCUT2D eigenvalue weighted by Crippen LogP contribution is 2.17. The fourth-order valence-electron chi connectivity index (χ4n) is 2.57. The summed E-state index contributed by atoms with van der Waals surface area (Å²) in [5.41, 5.74) is 0.590. The SMILES string of the molecule is CC(C)N(C(=O)c1ccc(OC2CCOC2)nc1)C(C)C. The molecule has 0 saturated carbocycles. The van der Waals surface area contributed by atoms with Gasteiger partial charge in [-0.2, -0.15) is 0 Å². The van der Waals surface area contributed by atoms with E-state index in [1.807, 2.05) is 32.6 Å². The largest absolute Gasteiger partial charge is 0.472 e. The van der Waals surface area contributed by atoms with Crippen LogP contribution < -0.4 is 4.74 Å². The molecule has 1 unspecified atom stereocenters. The summed E-state index contributed by atoms with van der Waals surface area (Å²) >= 11 is 0. The van der Waals surface area contributed by atoms with Crippen LogP contribution in [0.1, 0.15) is 44.5 Å². The Bertz CT molecular complexity index is 457. The number of rotatable bonds is 5. The van der Waals surface area contributed by atoms with Crippen molar-refractivity contribution in [3.8, 4) is 5.88 Å². The first-order valence-electron chi connectivity index (χ1n) is 7.52. The Morgan fingerprint density at radius 2 is 2.05 bits per heavy atom. The molecule has 116 valence electrons. The second-order valence-electron chi connectivity index (χ2n) is 5.89. The van der Waals surface area contributed by atoms with Gasteiger partial charge in [0.05, 0.1) is 18.8 Å². The molecule has 1 aliphatic heterocycles. The maximum Gasteiger partial charge on any atom is 0.255 e. The number of amides is 1. The number of hydrogen-bond donors (Lipinski definition) is 0. The summed E-state index contributed by atoms with van der Waals surface area (Å²) in [6.07, 6.45) is 2.55. The van der Waals surface area contributed by atoms with Gasteiger partial charge >= 0.3 is 0 Å². The summed E-state index contributed by atoms with van der Waals surface area (Å²) in [4.78, 5) is 18.6. The van der Waals surface area contributed by atoms with E-state index in [-0.39, 0.29) is 24.1 Å². The van der Waals surface area contributed by atoms with Crippen molar-refractivity contribution in [1.29, 1.82) is 0 Å². The van der Waals surface area contributed by atoms with E-state index in [1.165, 1.54) is 0 Å². The minimum Gasteiger partial charge on any atom is -0.472 e. The molecule has 1 aromatic rings. The first-order chi connectivity index (χ1) is 9.99. The van der Waals surface area contributed by atoms with Gasteiger partial charge in [-0.25, -0.2) is 4.98 Å². The van der Waals surface area contributed by atoms with Crippen LogP contribution in [0.15, 0.2) is 18.3 Å². The van der Waals surface area contributed by atoms with Gasteiger partial charge in [0.25, 0.3) is 5.91 Å². The van der Waals surface area contributed by atoms with Crippen LogP contribution in [0.5, 0.6) is 5.88 Å². The van der Waals surface area contributed by atoms with Gasteiger partial charge in [0.15, 0.2) is 0 Å². The van der Waals surface area contributed by atoms with Crippen molar-refractivity contribution in [2.24, 2.45) is 0 Å². The zero-order valence-corrected chi connectivity index (χ0v) is 13.2. The number of nitrogens with zero attached hydrogens (tertiary/aromatic N) is 2. The highest BCUT2D eigenvalue weighted by atomic mass is 16.5. The zero-order chi connectivity index (χ0) is 15.4. The molecule has 5 heteroatoms. The van der Waals surface area contributed by atoms with E-state index < -0.39 is 0 Å². The van der Waals surface area contributed by atoms with Crippen LogP contribution in [0.4, 0.5) is 0 Å². The fraction of sp³-hybridized carbons (Fsp3) is 0.625. The maximum absolute atomic E-state index is 12.5. The van der Waals surface area contributed by atoms with E-state index in [0.717, 1.165) is 13.0 Å². The summed E-state index contributed by atoms with van der Waals surface area (Å²) in [6, 6.07) is 3.84. The van der Waals surface area contributed by atoms with Crippen LogP contribution in [0.2, 0.25) is 0 Å². The maximum atomic E-state index is 12.5. The molecule has 2 rings (SSSR count). The summed E-state index contributed by atoms with van der Waals surface area (Å²) in [5.74, 6) is 0.547. The molecule has 0 aliphatic carbocycles. The number of ether oxygens (including phenoxy) is 2. The highest BCUT2D eigenvalue weighted by molar-refractivity contribution is 5.94. The van der Waals surface area contributed by atoms with Gasteiger partial charge in [0, 0.05) is 30.8 Å². The van der Waals surface area contributed by atoms with Crippen molar-refractivity contribution >= 4 is 5.91 Å². The molecular weight excluding hydrogens is 268 g/mol. The van der Waals surface area contributed by atoms with Gasteiger partial charge in [-0.1, -0.05) is 0 Å². The first kappa shape index (κ1) is 15.8. The van der Waals surface area contributed by atoms with Gasteiger partial charge in [0.2, 0.25) is 5.88 Å². The molecular formula is C16H24N2O3. The first-order valence-corrected chi connectivity index (χ1v) is 7.52. The second-order valence-corrected chi connectivity index (χ2v) is 5.89. The lowest BCUT2D eigenvalue weighted by Gasteiger charge is -2.30. The lowest BCUT2D eigenvalue weighted by atomic mass is 10.1. The lowest BCUT2D eigenvalue weighted by Crippen LogP contribution is -2.42. The minimum atomic E-state index is 0.00301. The number of pyridine rings is 1. The normalized spacial score (nSPS) is 18.3. The Balaban J connectivity index is 2.05. The van der Waals surface area contributed by atoms with Gasteiger partial charge in [-0.15, -0.1) is 0 Å². The van der Waals surface area contributed by atoms with Crippen molar-refractivity contribution in [3.05, 3.63) is 23.9 Å². The number of hydrogen-bond acceptors (Lipinski definition) is 4. The van der Waals surface area contributed by atoms with Crippen molar-refractivity contribution in [3.63, 3.8) is 0 Å². The Morgan fingerprint density at radius 1 is 1.33 bits per heavy atom. The van der Waals surface area contributed by atoms with Gasteiger partial charge < -0.3 is 14.4 Å². The fourth-order valence-corrected chi connectivity index (χ4v) is 2.57. The van der Waals surface area contributed by atoms with Crippen LogP contribution in [0, 0.1) is 0 Å². The molecule has 1 fully saturated rings. The van der Waals surface area contributed by atoms with Crippen molar-refractivity contribution in [2.45, 2.75) is 52.3 Å². The Morgan fingerprint density at radius 3 is 2.52 bits per heavy atom. The molecule has 0 aromatic carbocycles. The van der Waals surface area contributed by atoms with Crippen LogP contribution in [-0.2, 0) is 4.74 Å². The van der Waals surface area contributed by atoms with Gasteiger partial charge in [-0.3, -0.25) is 4.79 Å². The predicted molar refractivity (Wildman–Crippen MR) is 80.5 cm³/mol. The lowest BCUT2D eigenvalue weighted by molar-refractivity contribution is 0.0643. The molecule has 1 aromatic heterocycles. The number of carbonyl (C=O) groups is 1. The molecule has 1 aliphatic rings. The molecule has 0 spiro atoms. The molecule has 0 radical (unpaired) electrons. The van der Waals surface area contributed by atoms with Crippen LogP contribution in [0.3, 0.4) is 0 Å². The van der Waals surface area contributed by atoms with E-state index in [2.05, 4.69) is 4.98 Å². The van der Waals surface area contributed by atoms with Crippen LogP contribution in [0.25, 0.3) is 0 Å². The third kappa shape index (κ3) is 3.94. The molecule has 5 nitrogen and oxygen atoms in total. The van der Waals surface area contributed by atoms with Crippen molar-refractivity contribution in [1.82, 2.24) is 9.88 Å². The van der Waals surface area contributed by atoms with Crippen LogP contribution >= 0.6 is 0 Å². The number of aromatic nitrogens is 1. The van der Waals surface area contributed by atoms with Crippen LogP contribution in [-0.4, -0.2) is 47.2 Å². The quantitative estimate of drug-likeness (QED) is 0.836. The number of carbonyl (C=O) groups excluding carboxylic acids is 1. The molecule has 1 amide bonds. The molecule has 1 atom stereocenters. The van der Waals surface area contributed by atoms with Gasteiger partial charge in [0.1, 0.15) is 6.10 Å². The predicted octanol–water partition coefficient (Wildman–Crippen LogP) is 2.51. The monoisotopic (exact) mass is 292 g/mol. The summed E-state index contributed by atoms with van der Waals surface area (Å²) in [6.45, 7) is 9.41. The van der Waals surface area contributed by atoms with E-state index >= 15 is 0 Å². The standard InChI is InChI=1S/C16H24N2O3/c1-11(2)18(12(3)4)16(19)13-5-6-15(17-9-13)21-14-7-8-20-10-14/h5-6,9,11-12,14H,7-8,10H2,1-4H3. The Hall–Kier alpha value is -1.62. The average Bonchev–Trinajstić information content (AvgIpc) is 2.91. The summed E-state index contributed by atoms with van der Waals surface area (Å²) in [5, 5.41) is 0. The molecule has 0 bridgehead atoms. The minimum absolute atomic E-state index is 0.00301. The Labute approximate surface area is 126 Å². The molecule has 0 N–H and O–H groups in total. The highest BCUT2D eigenvalue weighted by Gasteiger charge is 2.22.